The lowest BCUT2D eigenvalue weighted by Gasteiger charge is -2.14. The maximum atomic E-state index is 13.2. The van der Waals surface area contributed by atoms with Crippen LogP contribution in [0.15, 0.2) is 48.8 Å². The van der Waals surface area contributed by atoms with Gasteiger partial charge in [0.05, 0.1) is 22.5 Å². The Kier molecular flexibility index (Phi) is 5.97. The molecule has 3 aromatic rings. The van der Waals surface area contributed by atoms with E-state index in [0.29, 0.717) is 0 Å². The van der Waals surface area contributed by atoms with Gasteiger partial charge in [-0.2, -0.15) is 13.2 Å². The number of aromatic amines is 1. The highest BCUT2D eigenvalue weighted by molar-refractivity contribution is 6.34. The summed E-state index contributed by atoms with van der Waals surface area (Å²) < 4.78 is 39.5. The first-order valence-electron chi connectivity index (χ1n) is 8.49. The molecule has 0 saturated carbocycles. The predicted molar refractivity (Wildman–Crippen MR) is 106 cm³/mol. The Morgan fingerprint density at radius 1 is 0.968 bits per heavy atom. The van der Waals surface area contributed by atoms with Crippen molar-refractivity contribution in [2.45, 2.75) is 6.18 Å². The minimum Gasteiger partial charge on any atom is -0.364 e. The van der Waals surface area contributed by atoms with E-state index >= 15 is 0 Å². The van der Waals surface area contributed by atoms with E-state index in [4.69, 9.17) is 17.3 Å². The number of benzene rings is 2. The van der Waals surface area contributed by atoms with E-state index in [0.717, 1.165) is 18.5 Å². The average molecular weight is 452 g/mol. The third-order valence-electron chi connectivity index (χ3n) is 4.05. The van der Waals surface area contributed by atoms with Crippen molar-refractivity contribution in [2.75, 3.05) is 10.6 Å². The van der Waals surface area contributed by atoms with Gasteiger partial charge in [-0.3, -0.25) is 14.4 Å². The van der Waals surface area contributed by atoms with Gasteiger partial charge < -0.3 is 21.4 Å². The first kappa shape index (κ1) is 21.8. The van der Waals surface area contributed by atoms with E-state index < -0.39 is 35.0 Å². The zero-order chi connectivity index (χ0) is 22.8. The van der Waals surface area contributed by atoms with Crippen molar-refractivity contribution in [3.63, 3.8) is 0 Å². The molecule has 0 fully saturated rings. The van der Waals surface area contributed by atoms with Crippen molar-refractivity contribution in [3.8, 4) is 0 Å². The third kappa shape index (κ3) is 4.83. The lowest BCUT2D eigenvalue weighted by Crippen LogP contribution is -2.20. The fourth-order valence-corrected chi connectivity index (χ4v) is 2.93. The molecule has 12 heteroatoms. The van der Waals surface area contributed by atoms with Crippen LogP contribution in [-0.2, 0) is 6.18 Å². The highest BCUT2D eigenvalue weighted by Gasteiger charge is 2.36. The molecule has 0 bridgehead atoms. The molecule has 0 unspecified atom stereocenters. The number of primary amides is 1. The second kappa shape index (κ2) is 8.48. The van der Waals surface area contributed by atoms with Gasteiger partial charge in [-0.05, 0) is 36.4 Å². The number of carbonyl (C=O) groups excluding carboxylic acids is 3. The predicted octanol–water partition coefficient (Wildman–Crippen LogP) is 3.69. The number of aromatic nitrogens is 2. The molecule has 0 aliphatic heterocycles. The van der Waals surface area contributed by atoms with Gasteiger partial charge >= 0.3 is 6.18 Å². The highest BCUT2D eigenvalue weighted by Crippen LogP contribution is 2.35. The zero-order valence-corrected chi connectivity index (χ0v) is 16.1. The van der Waals surface area contributed by atoms with Crippen molar-refractivity contribution in [2.24, 2.45) is 5.73 Å². The van der Waals surface area contributed by atoms with Gasteiger partial charge in [-0.15, -0.1) is 0 Å². The number of carbonyl (C=O) groups is 3. The van der Waals surface area contributed by atoms with Crippen LogP contribution in [0, 0.1) is 0 Å². The van der Waals surface area contributed by atoms with Crippen LogP contribution in [0.3, 0.4) is 0 Å². The molecule has 1 heterocycles. The highest BCUT2D eigenvalue weighted by atomic mass is 35.5. The lowest BCUT2D eigenvalue weighted by atomic mass is 10.1. The average Bonchev–Trinajstić information content (AvgIpc) is 3.19. The summed E-state index contributed by atoms with van der Waals surface area (Å²) >= 11 is 5.81. The van der Waals surface area contributed by atoms with E-state index in [2.05, 4.69) is 20.6 Å². The number of H-pyrrole nitrogens is 1. The monoisotopic (exact) mass is 451 g/mol. The Labute approximate surface area is 177 Å². The van der Waals surface area contributed by atoms with Crippen molar-refractivity contribution >= 4 is 40.7 Å². The molecule has 0 saturated heterocycles. The number of nitrogens with zero attached hydrogens (tertiary/aromatic N) is 1. The fourth-order valence-electron chi connectivity index (χ4n) is 2.67. The molecule has 3 rings (SSSR count). The molecule has 0 aliphatic carbocycles. The quantitative estimate of drug-likeness (QED) is 0.471. The molecule has 3 amide bonds. The van der Waals surface area contributed by atoms with Crippen LogP contribution in [0.4, 0.5) is 24.5 Å². The zero-order valence-electron chi connectivity index (χ0n) is 15.4. The van der Waals surface area contributed by atoms with Crippen LogP contribution in [0.2, 0.25) is 5.02 Å². The molecule has 8 nitrogen and oxygen atoms in total. The smallest absolute Gasteiger partial charge is 0.364 e. The number of hydrogen-bond donors (Lipinski definition) is 4. The number of alkyl halides is 3. The normalized spacial score (nSPS) is 11.1. The molecule has 0 radical (unpaired) electrons. The van der Waals surface area contributed by atoms with E-state index in [9.17, 15) is 27.6 Å². The Bertz CT molecular complexity index is 1160. The largest absolute Gasteiger partial charge is 0.417 e. The standard InChI is InChI=1S/C19H13ClF3N5O3/c20-12-3-1-2-11(19(21,22)23)13(12)17(30)27-9-4-6-10(7-5-9)28-18(31)15-14(16(24)29)25-8-26-15/h1-8H,(H2,24,29)(H,25,26)(H,27,30)(H,28,31). The summed E-state index contributed by atoms with van der Waals surface area (Å²) in [6.45, 7) is 0. The van der Waals surface area contributed by atoms with Gasteiger partial charge in [-0.1, -0.05) is 17.7 Å². The van der Waals surface area contributed by atoms with E-state index in [-0.39, 0.29) is 27.8 Å². The number of halogens is 4. The molecular weight excluding hydrogens is 439 g/mol. The van der Waals surface area contributed by atoms with Gasteiger partial charge in [0.1, 0.15) is 5.69 Å². The summed E-state index contributed by atoms with van der Waals surface area (Å²) in [5, 5.41) is 4.47. The number of amides is 3. The first-order chi connectivity index (χ1) is 14.6. The molecule has 5 N–H and O–H groups in total. The second-order valence-corrected chi connectivity index (χ2v) is 6.54. The minimum absolute atomic E-state index is 0.136. The van der Waals surface area contributed by atoms with Gasteiger partial charge in [0.2, 0.25) is 0 Å². The molecular formula is C19H13ClF3N5O3. The number of imidazole rings is 1. The molecule has 160 valence electrons. The van der Waals surface area contributed by atoms with Gasteiger partial charge in [0, 0.05) is 11.4 Å². The Balaban J connectivity index is 1.75. The van der Waals surface area contributed by atoms with Crippen LogP contribution in [0.1, 0.15) is 36.9 Å². The van der Waals surface area contributed by atoms with Crippen molar-refractivity contribution < 1.29 is 27.6 Å². The van der Waals surface area contributed by atoms with Crippen molar-refractivity contribution in [1.82, 2.24) is 9.97 Å². The molecule has 2 aromatic carbocycles. The Morgan fingerprint density at radius 3 is 2.10 bits per heavy atom. The van der Waals surface area contributed by atoms with Crippen LogP contribution < -0.4 is 16.4 Å². The van der Waals surface area contributed by atoms with E-state index in [1.165, 1.54) is 30.3 Å². The molecule has 1 aromatic heterocycles. The van der Waals surface area contributed by atoms with Crippen LogP contribution in [-0.4, -0.2) is 27.7 Å². The maximum Gasteiger partial charge on any atom is 0.417 e. The number of nitrogens with one attached hydrogen (secondary N) is 3. The summed E-state index contributed by atoms with van der Waals surface area (Å²) in [6, 6.07) is 8.55. The number of anilines is 2. The third-order valence-corrected chi connectivity index (χ3v) is 4.36. The summed E-state index contributed by atoms with van der Waals surface area (Å²) in [5.74, 6) is -2.62. The van der Waals surface area contributed by atoms with Crippen LogP contribution in [0.25, 0.3) is 0 Å². The van der Waals surface area contributed by atoms with Crippen LogP contribution >= 0.6 is 11.6 Å². The summed E-state index contributed by atoms with van der Waals surface area (Å²) in [7, 11) is 0. The van der Waals surface area contributed by atoms with Crippen molar-refractivity contribution in [3.05, 3.63) is 76.3 Å². The topological polar surface area (TPSA) is 130 Å². The minimum atomic E-state index is -4.76. The number of hydrogen-bond acceptors (Lipinski definition) is 4. The van der Waals surface area contributed by atoms with E-state index in [1.54, 1.807) is 0 Å². The summed E-state index contributed by atoms with van der Waals surface area (Å²) in [5.41, 5.74) is 3.34. The van der Waals surface area contributed by atoms with Gasteiger partial charge in [0.25, 0.3) is 17.7 Å². The molecule has 0 spiro atoms. The van der Waals surface area contributed by atoms with Crippen molar-refractivity contribution in [1.29, 1.82) is 0 Å². The number of nitrogens with two attached hydrogens (primary N) is 1. The molecule has 31 heavy (non-hydrogen) atoms. The second-order valence-electron chi connectivity index (χ2n) is 6.14. The Hall–Kier alpha value is -3.86. The Morgan fingerprint density at radius 2 is 1.55 bits per heavy atom. The molecule has 0 atom stereocenters. The fraction of sp³-hybridized carbons (Fsp3) is 0.0526. The molecule has 0 aliphatic rings. The number of rotatable bonds is 5. The lowest BCUT2D eigenvalue weighted by molar-refractivity contribution is -0.137. The maximum absolute atomic E-state index is 13.2. The van der Waals surface area contributed by atoms with Gasteiger partial charge in [-0.25, -0.2) is 4.98 Å². The van der Waals surface area contributed by atoms with Crippen LogP contribution in [0.5, 0.6) is 0 Å². The SMILES string of the molecule is NC(=O)c1nc[nH]c1C(=O)Nc1ccc(NC(=O)c2c(Cl)cccc2C(F)(F)F)cc1. The van der Waals surface area contributed by atoms with E-state index in [1.807, 2.05) is 0 Å². The first-order valence-corrected chi connectivity index (χ1v) is 8.87. The summed E-state index contributed by atoms with van der Waals surface area (Å²) in [6.07, 6.45) is -3.63. The summed E-state index contributed by atoms with van der Waals surface area (Å²) in [4.78, 5) is 42.0. The van der Waals surface area contributed by atoms with Gasteiger partial charge in [0.15, 0.2) is 5.69 Å².